The van der Waals surface area contributed by atoms with E-state index >= 15 is 0 Å². The van der Waals surface area contributed by atoms with Crippen LogP contribution in [0.15, 0.2) is 24.3 Å². The van der Waals surface area contributed by atoms with Crippen molar-refractivity contribution in [2.75, 3.05) is 0 Å². The summed E-state index contributed by atoms with van der Waals surface area (Å²) in [7, 11) is 0. The first-order chi connectivity index (χ1) is 12.2. The van der Waals surface area contributed by atoms with Gasteiger partial charge in [0.1, 0.15) is 6.04 Å². The molecule has 0 unspecified atom stereocenters. The molecule has 3 N–H and O–H groups in total. The summed E-state index contributed by atoms with van der Waals surface area (Å²) in [5.41, 5.74) is 4.21. The topological polar surface area (TPSA) is 84.7 Å². The summed E-state index contributed by atoms with van der Waals surface area (Å²) in [6, 6.07) is 2.79. The van der Waals surface area contributed by atoms with Crippen LogP contribution in [0.25, 0.3) is 0 Å². The molecule has 152 valence electrons. The largest absolute Gasteiger partial charge is 0.416 e. The lowest BCUT2D eigenvalue weighted by Gasteiger charge is -2.31. The van der Waals surface area contributed by atoms with E-state index in [0.29, 0.717) is 5.56 Å². The van der Waals surface area contributed by atoms with E-state index in [4.69, 9.17) is 10.6 Å². The summed E-state index contributed by atoms with van der Waals surface area (Å²) >= 11 is 0. The number of carbonyl (C=O) groups excluding carboxylic acids is 2. The van der Waals surface area contributed by atoms with E-state index in [2.05, 4.69) is 5.32 Å². The van der Waals surface area contributed by atoms with Crippen LogP contribution in [-0.2, 0) is 22.4 Å². The number of primary amides is 1. The number of rotatable bonds is 6. The lowest BCUT2D eigenvalue weighted by molar-refractivity contribution is -0.199. The molecule has 0 aliphatic rings. The fraction of sp³-hybridized carbons (Fsp3) is 0.556. The summed E-state index contributed by atoms with van der Waals surface area (Å²) in [6.45, 7) is 8.49. The van der Waals surface area contributed by atoms with Crippen LogP contribution in [0.5, 0.6) is 0 Å². The Balaban J connectivity index is 3.00. The minimum atomic E-state index is -4.44. The highest BCUT2D eigenvalue weighted by atomic mass is 19.4. The van der Waals surface area contributed by atoms with Crippen molar-refractivity contribution >= 4 is 11.9 Å². The molecule has 6 nitrogen and oxygen atoms in total. The molecule has 0 radical (unpaired) electrons. The maximum atomic E-state index is 12.7. The van der Waals surface area contributed by atoms with Gasteiger partial charge >= 0.3 is 12.2 Å². The van der Waals surface area contributed by atoms with Crippen LogP contribution in [0.4, 0.5) is 18.0 Å². The first-order valence-corrected chi connectivity index (χ1v) is 8.43. The monoisotopic (exact) mass is 389 g/mol. The summed E-state index contributed by atoms with van der Waals surface area (Å²) in [5.74, 6) is -0.933. The lowest BCUT2D eigenvalue weighted by Crippen LogP contribution is -2.53. The number of carbonyl (C=O) groups is 2. The van der Waals surface area contributed by atoms with Crippen LogP contribution in [0.3, 0.4) is 0 Å². The predicted octanol–water partition coefficient (Wildman–Crippen LogP) is 3.46. The average Bonchev–Trinajstić information content (AvgIpc) is 2.49. The van der Waals surface area contributed by atoms with Gasteiger partial charge in [-0.15, -0.1) is 0 Å². The van der Waals surface area contributed by atoms with Gasteiger partial charge in [0.2, 0.25) is 5.91 Å². The van der Waals surface area contributed by atoms with Gasteiger partial charge in [-0.3, -0.25) is 9.63 Å². The molecule has 3 amide bonds. The number of urea groups is 1. The molecule has 0 aliphatic heterocycles. The Bertz CT molecular complexity index is 653. The van der Waals surface area contributed by atoms with Crippen LogP contribution >= 0.6 is 0 Å². The minimum absolute atomic E-state index is 0.106. The van der Waals surface area contributed by atoms with Crippen molar-refractivity contribution in [2.45, 2.75) is 59.0 Å². The number of nitrogens with two attached hydrogens (primary N) is 1. The number of alkyl halides is 3. The number of hydroxylamine groups is 2. The number of hydrogen-bond donors (Lipinski definition) is 2. The molecule has 0 fully saturated rings. The van der Waals surface area contributed by atoms with Crippen molar-refractivity contribution in [3.63, 3.8) is 0 Å². The molecule has 0 saturated carbocycles. The third-order valence-electron chi connectivity index (χ3n) is 3.47. The number of nitrogens with zero attached hydrogens (tertiary/aromatic N) is 1. The summed E-state index contributed by atoms with van der Waals surface area (Å²) in [4.78, 5) is 29.7. The zero-order chi connectivity index (χ0) is 21.0. The number of halogens is 3. The highest BCUT2D eigenvalue weighted by Gasteiger charge is 2.31. The van der Waals surface area contributed by atoms with Gasteiger partial charge in [-0.25, -0.2) is 4.79 Å². The Morgan fingerprint density at radius 1 is 1.15 bits per heavy atom. The van der Waals surface area contributed by atoms with Crippen molar-refractivity contribution in [1.29, 1.82) is 0 Å². The second-order valence-electron chi connectivity index (χ2n) is 7.51. The molecule has 0 spiro atoms. The van der Waals surface area contributed by atoms with Gasteiger partial charge in [0.25, 0.3) is 0 Å². The Hall–Kier alpha value is -2.29. The van der Waals surface area contributed by atoms with Crippen molar-refractivity contribution in [3.8, 4) is 0 Å². The first-order valence-electron chi connectivity index (χ1n) is 8.43. The Kier molecular flexibility index (Phi) is 7.25. The van der Waals surface area contributed by atoms with E-state index in [1.807, 2.05) is 0 Å². The molecule has 0 aromatic heterocycles. The van der Waals surface area contributed by atoms with Crippen LogP contribution < -0.4 is 11.1 Å². The molecule has 1 atom stereocenters. The predicted molar refractivity (Wildman–Crippen MR) is 94.2 cm³/mol. The molecular weight excluding hydrogens is 363 g/mol. The van der Waals surface area contributed by atoms with Crippen molar-refractivity contribution in [3.05, 3.63) is 35.4 Å². The lowest BCUT2D eigenvalue weighted by atomic mass is 10.0. The zero-order valence-corrected chi connectivity index (χ0v) is 16.1. The summed E-state index contributed by atoms with van der Waals surface area (Å²) in [6.07, 6.45) is -4.44. The van der Waals surface area contributed by atoms with Gasteiger partial charge in [0.05, 0.1) is 17.7 Å². The molecule has 0 bridgehead atoms. The molecule has 1 aromatic carbocycles. The maximum Gasteiger partial charge on any atom is 0.416 e. The summed E-state index contributed by atoms with van der Waals surface area (Å²) < 4.78 is 38.1. The Morgan fingerprint density at radius 3 is 2.04 bits per heavy atom. The van der Waals surface area contributed by atoms with E-state index in [1.54, 1.807) is 34.6 Å². The first kappa shape index (κ1) is 22.8. The standard InChI is InChI=1S/C18H26F3N3O3/c1-11(2)14(15(22)25)23-16(26)24(27-17(3,4)5)10-12-6-8-13(9-7-12)18(19,20)21/h6-9,11,14H,10H2,1-5H3,(H2,22,25)(H,23,26)/t14-/m0/s1. The number of nitrogens with one attached hydrogen (secondary N) is 1. The normalized spacial score (nSPS) is 13.4. The van der Waals surface area contributed by atoms with Gasteiger partial charge in [-0.2, -0.15) is 18.2 Å². The van der Waals surface area contributed by atoms with Gasteiger partial charge < -0.3 is 11.1 Å². The number of benzene rings is 1. The van der Waals surface area contributed by atoms with Crippen molar-refractivity contribution in [1.82, 2.24) is 10.4 Å². The fourth-order valence-electron chi connectivity index (χ4n) is 2.21. The minimum Gasteiger partial charge on any atom is -0.368 e. The van der Waals surface area contributed by atoms with Crippen molar-refractivity contribution < 1.29 is 27.6 Å². The van der Waals surface area contributed by atoms with E-state index < -0.39 is 35.3 Å². The third kappa shape index (κ3) is 7.46. The van der Waals surface area contributed by atoms with E-state index in [0.717, 1.165) is 17.2 Å². The average molecular weight is 389 g/mol. The Morgan fingerprint density at radius 2 is 1.67 bits per heavy atom. The van der Waals surface area contributed by atoms with Gasteiger partial charge in [0, 0.05) is 0 Å². The van der Waals surface area contributed by atoms with E-state index in [9.17, 15) is 22.8 Å². The number of amides is 3. The van der Waals surface area contributed by atoms with E-state index in [-0.39, 0.29) is 12.5 Å². The molecule has 9 heteroatoms. The molecular formula is C18H26F3N3O3. The second-order valence-corrected chi connectivity index (χ2v) is 7.51. The maximum absolute atomic E-state index is 12.7. The molecule has 0 aliphatic carbocycles. The Labute approximate surface area is 156 Å². The van der Waals surface area contributed by atoms with Crippen molar-refractivity contribution in [2.24, 2.45) is 11.7 Å². The van der Waals surface area contributed by atoms with Crippen LogP contribution in [0.1, 0.15) is 45.7 Å². The van der Waals surface area contributed by atoms with Crippen LogP contribution in [0.2, 0.25) is 0 Å². The summed E-state index contributed by atoms with van der Waals surface area (Å²) in [5, 5.41) is 3.48. The highest BCUT2D eigenvalue weighted by molar-refractivity contribution is 5.85. The van der Waals surface area contributed by atoms with E-state index in [1.165, 1.54) is 12.1 Å². The van der Waals surface area contributed by atoms with Gasteiger partial charge in [0.15, 0.2) is 0 Å². The zero-order valence-electron chi connectivity index (χ0n) is 16.1. The molecule has 0 saturated heterocycles. The van der Waals surface area contributed by atoms with Gasteiger partial charge in [-0.05, 0) is 44.4 Å². The van der Waals surface area contributed by atoms with Crippen LogP contribution in [0, 0.1) is 5.92 Å². The van der Waals surface area contributed by atoms with Gasteiger partial charge in [-0.1, -0.05) is 26.0 Å². The third-order valence-corrected chi connectivity index (χ3v) is 3.47. The molecule has 0 heterocycles. The smallest absolute Gasteiger partial charge is 0.368 e. The quantitative estimate of drug-likeness (QED) is 0.731. The molecule has 1 aromatic rings. The molecule has 1 rings (SSSR count). The SMILES string of the molecule is CC(C)[C@H](NC(=O)N(Cc1ccc(C(F)(F)F)cc1)OC(C)(C)C)C(N)=O. The second kappa shape index (κ2) is 8.60. The highest BCUT2D eigenvalue weighted by Crippen LogP contribution is 2.29. The molecule has 27 heavy (non-hydrogen) atoms. The van der Waals surface area contributed by atoms with Crippen LogP contribution in [-0.4, -0.2) is 28.6 Å². The number of hydrogen-bond acceptors (Lipinski definition) is 3. The fourth-order valence-corrected chi connectivity index (χ4v) is 2.21.